The number of amides is 1. The van der Waals surface area contributed by atoms with Crippen LogP contribution in [0.1, 0.15) is 10.4 Å². The van der Waals surface area contributed by atoms with Gasteiger partial charge in [0.2, 0.25) is 0 Å². The van der Waals surface area contributed by atoms with Crippen LogP contribution in [0.2, 0.25) is 0 Å². The van der Waals surface area contributed by atoms with Gasteiger partial charge in [0.05, 0.1) is 23.7 Å². The van der Waals surface area contributed by atoms with Gasteiger partial charge in [-0.15, -0.1) is 0 Å². The number of hydrogen-bond donors (Lipinski definition) is 1. The van der Waals surface area contributed by atoms with Gasteiger partial charge in [-0.2, -0.15) is 0 Å². The lowest BCUT2D eigenvalue weighted by Gasteiger charge is -2.11. The number of benzene rings is 1. The number of carbonyl (C=O) groups excluding carboxylic acids is 1. The number of carbonyl (C=O) groups is 1. The van der Waals surface area contributed by atoms with Crippen LogP contribution < -0.4 is 21.3 Å². The lowest BCUT2D eigenvalue weighted by molar-refractivity contribution is 0.102. The Morgan fingerprint density at radius 2 is 1.88 bits per heavy atom. The average molecular weight is 340 g/mol. The van der Waals surface area contributed by atoms with Crippen LogP contribution in [-0.4, -0.2) is 27.1 Å². The molecule has 0 aliphatic rings. The number of anilines is 1. The van der Waals surface area contributed by atoms with Gasteiger partial charge >= 0.3 is 5.69 Å². The van der Waals surface area contributed by atoms with Gasteiger partial charge in [0.15, 0.2) is 0 Å². The minimum atomic E-state index is -0.502. The van der Waals surface area contributed by atoms with Gasteiger partial charge in [0.25, 0.3) is 11.5 Å². The normalized spacial score (nSPS) is 10.7. The number of fused-ring (bicyclic) bond motifs is 1. The molecular weight excluding hydrogens is 324 g/mol. The van der Waals surface area contributed by atoms with Crippen LogP contribution in [0.3, 0.4) is 0 Å². The summed E-state index contributed by atoms with van der Waals surface area (Å²) in [4.78, 5) is 40.8. The van der Waals surface area contributed by atoms with Crippen LogP contribution in [0.25, 0.3) is 11.0 Å². The first-order valence-electron chi connectivity index (χ1n) is 7.44. The lowest BCUT2D eigenvalue weighted by atomic mass is 10.2. The van der Waals surface area contributed by atoms with Crippen molar-refractivity contribution in [2.75, 3.05) is 12.4 Å². The highest BCUT2D eigenvalue weighted by Crippen LogP contribution is 2.23. The molecule has 1 amide bonds. The van der Waals surface area contributed by atoms with Gasteiger partial charge in [-0.25, -0.2) is 9.78 Å². The minimum Gasteiger partial charge on any atom is -0.495 e. The summed E-state index contributed by atoms with van der Waals surface area (Å²) in [6, 6.07) is 8.40. The van der Waals surface area contributed by atoms with Crippen LogP contribution in [-0.2, 0) is 14.1 Å². The van der Waals surface area contributed by atoms with Crippen molar-refractivity contribution >= 4 is 22.6 Å². The molecule has 0 bridgehead atoms. The van der Waals surface area contributed by atoms with Crippen molar-refractivity contribution in [3.05, 3.63) is 62.9 Å². The molecule has 25 heavy (non-hydrogen) atoms. The maximum absolute atomic E-state index is 12.5. The molecule has 0 aliphatic carbocycles. The molecule has 0 spiro atoms. The van der Waals surface area contributed by atoms with Crippen molar-refractivity contribution in [2.45, 2.75) is 0 Å². The second-order valence-electron chi connectivity index (χ2n) is 5.46. The summed E-state index contributed by atoms with van der Waals surface area (Å²) in [5.74, 6) is 0.0812. The first-order chi connectivity index (χ1) is 11.9. The Morgan fingerprint density at radius 1 is 1.16 bits per heavy atom. The number of para-hydroxylation sites is 2. The Bertz CT molecular complexity index is 1100. The first kappa shape index (κ1) is 16.4. The molecule has 0 aliphatic heterocycles. The van der Waals surface area contributed by atoms with Crippen LogP contribution in [0.5, 0.6) is 5.75 Å². The molecule has 0 unspecified atom stereocenters. The number of nitrogens with zero attached hydrogens (tertiary/aromatic N) is 3. The van der Waals surface area contributed by atoms with E-state index in [1.165, 1.54) is 38.0 Å². The average Bonchev–Trinajstić information content (AvgIpc) is 2.64. The van der Waals surface area contributed by atoms with Gasteiger partial charge < -0.3 is 10.1 Å². The second kappa shape index (κ2) is 6.23. The number of hydrogen-bond acceptors (Lipinski definition) is 5. The highest BCUT2D eigenvalue weighted by molar-refractivity contribution is 6.06. The Balaban J connectivity index is 2.06. The van der Waals surface area contributed by atoms with E-state index in [1.807, 2.05) is 0 Å². The van der Waals surface area contributed by atoms with Crippen molar-refractivity contribution < 1.29 is 9.53 Å². The van der Waals surface area contributed by atoms with Gasteiger partial charge in [-0.05, 0) is 18.2 Å². The summed E-state index contributed by atoms with van der Waals surface area (Å²) in [5, 5.41) is 2.91. The molecule has 3 aromatic rings. The molecule has 1 aromatic carbocycles. The van der Waals surface area contributed by atoms with Crippen LogP contribution in [0.4, 0.5) is 5.69 Å². The van der Waals surface area contributed by atoms with E-state index in [4.69, 9.17) is 4.74 Å². The van der Waals surface area contributed by atoms with E-state index < -0.39 is 17.2 Å². The fraction of sp³-hybridized carbons (Fsp3) is 0.176. The summed E-state index contributed by atoms with van der Waals surface area (Å²) >= 11 is 0. The molecule has 0 saturated heterocycles. The van der Waals surface area contributed by atoms with Gasteiger partial charge in [-0.3, -0.25) is 18.7 Å². The number of aromatic nitrogens is 3. The molecule has 0 atom stereocenters. The fourth-order valence-corrected chi connectivity index (χ4v) is 2.53. The van der Waals surface area contributed by atoms with E-state index in [2.05, 4.69) is 10.3 Å². The molecule has 0 saturated carbocycles. The summed E-state index contributed by atoms with van der Waals surface area (Å²) in [7, 11) is 4.41. The largest absolute Gasteiger partial charge is 0.495 e. The third-order valence-electron chi connectivity index (χ3n) is 3.91. The number of rotatable bonds is 3. The first-order valence-corrected chi connectivity index (χ1v) is 7.44. The summed E-state index contributed by atoms with van der Waals surface area (Å²) in [6.45, 7) is 0. The van der Waals surface area contributed by atoms with E-state index in [9.17, 15) is 14.4 Å². The number of pyridine rings is 1. The Kier molecular flexibility index (Phi) is 4.10. The monoisotopic (exact) mass is 340 g/mol. The van der Waals surface area contributed by atoms with Crippen LogP contribution in [0, 0.1) is 0 Å². The van der Waals surface area contributed by atoms with Crippen molar-refractivity contribution in [1.82, 2.24) is 14.1 Å². The number of ether oxygens (including phenoxy) is 1. The molecule has 8 heteroatoms. The van der Waals surface area contributed by atoms with Crippen LogP contribution >= 0.6 is 0 Å². The highest BCUT2D eigenvalue weighted by Gasteiger charge is 2.14. The predicted molar refractivity (Wildman–Crippen MR) is 93.2 cm³/mol. The topological polar surface area (TPSA) is 95.2 Å². The molecular formula is C17H16N4O4. The zero-order valence-electron chi connectivity index (χ0n) is 13.9. The van der Waals surface area contributed by atoms with Crippen molar-refractivity contribution in [1.29, 1.82) is 0 Å². The van der Waals surface area contributed by atoms with Crippen LogP contribution in [0.15, 0.2) is 46.1 Å². The predicted octanol–water partition coefficient (Wildman–Crippen LogP) is 0.893. The zero-order valence-corrected chi connectivity index (χ0v) is 13.9. The number of nitrogens with one attached hydrogen (secondary N) is 1. The molecule has 2 heterocycles. The van der Waals surface area contributed by atoms with Gasteiger partial charge in [0, 0.05) is 20.3 Å². The fourth-order valence-electron chi connectivity index (χ4n) is 2.53. The number of methoxy groups -OCH3 is 1. The third kappa shape index (κ3) is 2.78. The Labute approximate surface area is 142 Å². The molecule has 128 valence electrons. The Morgan fingerprint density at radius 3 is 2.60 bits per heavy atom. The van der Waals surface area contributed by atoms with E-state index in [1.54, 1.807) is 24.3 Å². The van der Waals surface area contributed by atoms with E-state index >= 15 is 0 Å². The number of aryl methyl sites for hydroxylation is 1. The van der Waals surface area contributed by atoms with Gasteiger partial charge in [-0.1, -0.05) is 12.1 Å². The summed E-state index contributed by atoms with van der Waals surface area (Å²) < 4.78 is 7.43. The molecule has 0 radical (unpaired) electrons. The second-order valence-corrected chi connectivity index (χ2v) is 5.46. The summed E-state index contributed by atoms with van der Waals surface area (Å²) in [5.41, 5.74) is -0.0478. The quantitative estimate of drug-likeness (QED) is 0.764. The SMILES string of the molecule is COc1ccccc1NC(=O)c1cnc2c(c1)c(=O)n(C)c(=O)n2C. The van der Waals surface area contributed by atoms with Crippen molar-refractivity contribution in [3.63, 3.8) is 0 Å². The van der Waals surface area contributed by atoms with E-state index in [0.717, 1.165) is 4.57 Å². The maximum atomic E-state index is 12.5. The standard InChI is InChI=1S/C17H16N4O4/c1-20-14-11(16(23)21(2)17(20)24)8-10(9-18-14)15(22)19-12-6-4-5-7-13(12)25-3/h4-9H,1-3H3,(H,19,22). The van der Waals surface area contributed by atoms with E-state index in [-0.39, 0.29) is 16.6 Å². The lowest BCUT2D eigenvalue weighted by Crippen LogP contribution is -2.37. The minimum absolute atomic E-state index is 0.192. The smallest absolute Gasteiger partial charge is 0.332 e. The van der Waals surface area contributed by atoms with Crippen molar-refractivity contribution in [2.24, 2.45) is 14.1 Å². The highest BCUT2D eigenvalue weighted by atomic mass is 16.5. The maximum Gasteiger partial charge on any atom is 0.332 e. The molecule has 8 nitrogen and oxygen atoms in total. The van der Waals surface area contributed by atoms with E-state index in [0.29, 0.717) is 11.4 Å². The zero-order chi connectivity index (χ0) is 18.1. The summed E-state index contributed by atoms with van der Waals surface area (Å²) in [6.07, 6.45) is 1.33. The molecule has 3 rings (SSSR count). The van der Waals surface area contributed by atoms with Crippen molar-refractivity contribution in [3.8, 4) is 5.75 Å². The molecule has 2 aromatic heterocycles. The third-order valence-corrected chi connectivity index (χ3v) is 3.91. The van der Waals surface area contributed by atoms with Gasteiger partial charge in [0.1, 0.15) is 11.4 Å². The molecule has 1 N–H and O–H groups in total. The molecule has 0 fully saturated rings. The Hall–Kier alpha value is -3.42.